The first kappa shape index (κ1) is 19.3. The lowest BCUT2D eigenvalue weighted by Gasteiger charge is -2.38. The summed E-state index contributed by atoms with van der Waals surface area (Å²) in [5.74, 6) is 2.31. The van der Waals surface area contributed by atoms with E-state index in [4.69, 9.17) is 19.3 Å². The molecular formula is C25H24N2O4. The summed E-state index contributed by atoms with van der Waals surface area (Å²) >= 11 is 0. The molecule has 2 aliphatic heterocycles. The summed E-state index contributed by atoms with van der Waals surface area (Å²) in [7, 11) is 3.24. The number of benzene rings is 3. The molecule has 0 bridgehead atoms. The molecule has 0 fully saturated rings. The van der Waals surface area contributed by atoms with Crippen LogP contribution in [0.4, 0.5) is 0 Å². The highest BCUT2D eigenvalue weighted by Crippen LogP contribution is 2.50. The molecule has 1 N–H and O–H groups in total. The lowest BCUT2D eigenvalue weighted by molar-refractivity contribution is -0.0205. The SMILES string of the molecule is COc1cccc([C@@H]2Oc3ccccc3[C@H]3CC(c4cc(C)ccc4O)=NN32)c1OC. The van der Waals surface area contributed by atoms with Gasteiger partial charge in [-0.1, -0.05) is 35.9 Å². The van der Waals surface area contributed by atoms with E-state index in [0.29, 0.717) is 17.9 Å². The number of ether oxygens (including phenoxy) is 3. The Hall–Kier alpha value is -3.67. The monoisotopic (exact) mass is 416 g/mol. The molecule has 6 heteroatoms. The Morgan fingerprint density at radius 2 is 1.81 bits per heavy atom. The van der Waals surface area contributed by atoms with Crippen LogP contribution in [-0.2, 0) is 0 Å². The van der Waals surface area contributed by atoms with Crippen LogP contribution in [-0.4, -0.2) is 30.0 Å². The molecule has 0 radical (unpaired) electrons. The minimum Gasteiger partial charge on any atom is -0.507 e. The van der Waals surface area contributed by atoms with E-state index >= 15 is 0 Å². The van der Waals surface area contributed by atoms with Crippen molar-refractivity contribution in [1.82, 2.24) is 5.01 Å². The van der Waals surface area contributed by atoms with Crippen molar-refractivity contribution < 1.29 is 19.3 Å². The Kier molecular flexibility index (Phi) is 4.70. The fraction of sp³-hybridized carbons (Fsp3) is 0.240. The van der Waals surface area contributed by atoms with Crippen molar-refractivity contribution in [2.75, 3.05) is 14.2 Å². The van der Waals surface area contributed by atoms with Gasteiger partial charge in [0.1, 0.15) is 11.5 Å². The second kappa shape index (κ2) is 7.54. The Bertz CT molecular complexity index is 1170. The number of para-hydroxylation sites is 2. The zero-order chi connectivity index (χ0) is 21.5. The maximum atomic E-state index is 10.5. The summed E-state index contributed by atoms with van der Waals surface area (Å²) in [4.78, 5) is 0. The summed E-state index contributed by atoms with van der Waals surface area (Å²) < 4.78 is 17.6. The molecule has 31 heavy (non-hydrogen) atoms. The Morgan fingerprint density at radius 1 is 1.00 bits per heavy atom. The van der Waals surface area contributed by atoms with Gasteiger partial charge in [0.2, 0.25) is 6.23 Å². The smallest absolute Gasteiger partial charge is 0.217 e. The van der Waals surface area contributed by atoms with Crippen molar-refractivity contribution in [1.29, 1.82) is 0 Å². The Morgan fingerprint density at radius 3 is 2.61 bits per heavy atom. The van der Waals surface area contributed by atoms with E-state index < -0.39 is 6.23 Å². The summed E-state index contributed by atoms with van der Waals surface area (Å²) in [5.41, 5.74) is 4.57. The van der Waals surface area contributed by atoms with Crippen molar-refractivity contribution in [2.45, 2.75) is 25.6 Å². The van der Waals surface area contributed by atoms with E-state index in [2.05, 4.69) is 6.07 Å². The van der Waals surface area contributed by atoms with Crippen LogP contribution in [0.2, 0.25) is 0 Å². The molecule has 3 aromatic carbocycles. The van der Waals surface area contributed by atoms with Crippen LogP contribution in [0.5, 0.6) is 23.0 Å². The minimum atomic E-state index is -0.491. The maximum absolute atomic E-state index is 10.5. The Labute approximate surface area is 181 Å². The second-order valence-corrected chi connectivity index (χ2v) is 7.76. The number of nitrogens with zero attached hydrogens (tertiary/aromatic N) is 2. The van der Waals surface area contributed by atoms with Gasteiger partial charge in [0.05, 0.1) is 31.5 Å². The van der Waals surface area contributed by atoms with E-state index in [0.717, 1.165) is 33.7 Å². The van der Waals surface area contributed by atoms with Crippen molar-refractivity contribution in [3.63, 3.8) is 0 Å². The molecule has 5 rings (SSSR count). The topological polar surface area (TPSA) is 63.5 Å². The number of hydrogen-bond acceptors (Lipinski definition) is 6. The molecule has 2 atom stereocenters. The van der Waals surface area contributed by atoms with Gasteiger partial charge in [-0.2, -0.15) is 5.10 Å². The highest BCUT2D eigenvalue weighted by Gasteiger charge is 2.42. The number of hydrazone groups is 1. The van der Waals surface area contributed by atoms with Gasteiger partial charge in [-0.15, -0.1) is 0 Å². The van der Waals surface area contributed by atoms with E-state index in [1.807, 2.05) is 60.5 Å². The van der Waals surface area contributed by atoms with E-state index in [-0.39, 0.29) is 11.8 Å². The standard InChI is InChI=1S/C25H24N2O4/c1-15-11-12-21(28)18(13-15)19-14-20-16-7-4-5-9-22(16)31-25(27(20)26-19)17-8-6-10-23(29-2)24(17)30-3/h4-13,20,25,28H,14H2,1-3H3/t20-,25+/m1/s1. The highest BCUT2D eigenvalue weighted by atomic mass is 16.5. The van der Waals surface area contributed by atoms with Gasteiger partial charge >= 0.3 is 0 Å². The fourth-order valence-corrected chi connectivity index (χ4v) is 4.39. The zero-order valence-electron chi connectivity index (χ0n) is 17.7. The van der Waals surface area contributed by atoms with Crippen LogP contribution >= 0.6 is 0 Å². The van der Waals surface area contributed by atoms with Crippen LogP contribution in [0.25, 0.3) is 0 Å². The predicted octanol–water partition coefficient (Wildman–Crippen LogP) is 4.96. The number of rotatable bonds is 4. The molecule has 0 aliphatic carbocycles. The van der Waals surface area contributed by atoms with Crippen LogP contribution < -0.4 is 14.2 Å². The molecule has 0 saturated heterocycles. The third kappa shape index (κ3) is 3.15. The number of phenolic OH excluding ortho intramolecular Hbond substituents is 1. The second-order valence-electron chi connectivity index (χ2n) is 7.76. The molecule has 2 aliphatic rings. The quantitative estimate of drug-likeness (QED) is 0.651. The zero-order valence-corrected chi connectivity index (χ0v) is 17.7. The number of hydrogen-bond donors (Lipinski definition) is 1. The van der Waals surface area contributed by atoms with Gasteiger partial charge in [-0.3, -0.25) is 0 Å². The third-order valence-electron chi connectivity index (χ3n) is 5.86. The molecule has 0 amide bonds. The van der Waals surface area contributed by atoms with Crippen LogP contribution in [0.3, 0.4) is 0 Å². The lowest BCUT2D eigenvalue weighted by atomic mass is 9.95. The summed E-state index contributed by atoms with van der Waals surface area (Å²) in [6.45, 7) is 2.01. The normalized spacial score (nSPS) is 19.2. The molecule has 0 spiro atoms. The average Bonchev–Trinajstić information content (AvgIpc) is 3.25. The third-order valence-corrected chi connectivity index (χ3v) is 5.86. The van der Waals surface area contributed by atoms with E-state index in [1.54, 1.807) is 20.3 Å². The highest BCUT2D eigenvalue weighted by molar-refractivity contribution is 6.04. The number of phenols is 1. The van der Waals surface area contributed by atoms with Gasteiger partial charge in [0.15, 0.2) is 11.5 Å². The number of methoxy groups -OCH3 is 2. The number of aromatic hydroxyl groups is 1. The summed E-state index contributed by atoms with van der Waals surface area (Å²) in [6, 6.07) is 19.3. The van der Waals surface area contributed by atoms with Gasteiger partial charge in [-0.05, 0) is 37.3 Å². The lowest BCUT2D eigenvalue weighted by Crippen LogP contribution is -2.34. The molecular weight excluding hydrogens is 392 g/mol. The van der Waals surface area contributed by atoms with Crippen molar-refractivity contribution >= 4 is 5.71 Å². The van der Waals surface area contributed by atoms with Gasteiger partial charge in [0, 0.05) is 17.5 Å². The first-order valence-electron chi connectivity index (χ1n) is 10.2. The van der Waals surface area contributed by atoms with Gasteiger partial charge in [-0.25, -0.2) is 5.01 Å². The first-order valence-corrected chi connectivity index (χ1v) is 10.2. The van der Waals surface area contributed by atoms with Crippen LogP contribution in [0, 0.1) is 6.92 Å². The molecule has 0 aromatic heterocycles. The maximum Gasteiger partial charge on any atom is 0.217 e. The van der Waals surface area contributed by atoms with Gasteiger partial charge in [0.25, 0.3) is 0 Å². The van der Waals surface area contributed by atoms with Crippen molar-refractivity contribution in [2.24, 2.45) is 5.10 Å². The molecule has 158 valence electrons. The van der Waals surface area contributed by atoms with Crippen LogP contribution in [0.15, 0.2) is 65.8 Å². The van der Waals surface area contributed by atoms with E-state index in [1.165, 1.54) is 0 Å². The van der Waals surface area contributed by atoms with Crippen LogP contribution in [0.1, 0.15) is 40.9 Å². The largest absolute Gasteiger partial charge is 0.507 e. The number of fused-ring (bicyclic) bond motifs is 3. The predicted molar refractivity (Wildman–Crippen MR) is 118 cm³/mol. The van der Waals surface area contributed by atoms with E-state index in [9.17, 15) is 5.11 Å². The van der Waals surface area contributed by atoms with Crippen molar-refractivity contribution in [3.8, 4) is 23.0 Å². The molecule has 2 heterocycles. The minimum absolute atomic E-state index is 0.0132. The Balaban J connectivity index is 1.65. The molecule has 0 saturated carbocycles. The van der Waals surface area contributed by atoms with Crippen molar-refractivity contribution in [3.05, 3.63) is 82.9 Å². The summed E-state index contributed by atoms with van der Waals surface area (Å²) in [5, 5.41) is 17.4. The van der Waals surface area contributed by atoms with Gasteiger partial charge < -0.3 is 19.3 Å². The molecule has 3 aromatic rings. The first-order chi connectivity index (χ1) is 15.1. The molecule has 0 unspecified atom stereocenters. The fourth-order valence-electron chi connectivity index (χ4n) is 4.39. The summed E-state index contributed by atoms with van der Waals surface area (Å²) in [6.07, 6.45) is 0.176. The molecule has 6 nitrogen and oxygen atoms in total. The number of aryl methyl sites for hydroxylation is 1. The average molecular weight is 416 g/mol.